The molecule has 1 aliphatic heterocycles. The number of carbonyl (C=O) groups excluding carboxylic acids is 1. The maximum absolute atomic E-state index is 13.2. The number of nitrogens with zero attached hydrogens (tertiary/aromatic N) is 1. The molecule has 5 heteroatoms. The number of fused-ring (bicyclic) bond motifs is 1. The van der Waals surface area contributed by atoms with Crippen molar-refractivity contribution in [3.8, 4) is 5.75 Å². The van der Waals surface area contributed by atoms with Crippen LogP contribution in [0.2, 0.25) is 0 Å². The third-order valence-electron chi connectivity index (χ3n) is 6.45. The average Bonchev–Trinajstić information content (AvgIpc) is 3.53. The second kappa shape index (κ2) is 7.97. The molecular formula is C26H27FN2O2. The van der Waals surface area contributed by atoms with Gasteiger partial charge in [0.15, 0.2) is 0 Å². The minimum atomic E-state index is -0.703. The van der Waals surface area contributed by atoms with Gasteiger partial charge >= 0.3 is 0 Å². The van der Waals surface area contributed by atoms with Gasteiger partial charge in [0.05, 0.1) is 5.54 Å². The first-order valence-electron chi connectivity index (χ1n) is 10.9. The van der Waals surface area contributed by atoms with E-state index in [9.17, 15) is 9.18 Å². The van der Waals surface area contributed by atoms with E-state index in [2.05, 4.69) is 35.6 Å². The number of benzene rings is 3. The van der Waals surface area contributed by atoms with Crippen molar-refractivity contribution in [1.29, 1.82) is 0 Å². The van der Waals surface area contributed by atoms with E-state index in [0.717, 1.165) is 18.4 Å². The first kappa shape index (κ1) is 20.0. The summed E-state index contributed by atoms with van der Waals surface area (Å²) < 4.78 is 18.8. The lowest BCUT2D eigenvalue weighted by Gasteiger charge is -2.33. The van der Waals surface area contributed by atoms with E-state index in [1.807, 2.05) is 42.2 Å². The SMILES string of the molecule is Cc1ccc(OCCN2CC(F)C2)cc1C(=O)NC1(c2cccc3ccccc23)CC1. The van der Waals surface area contributed by atoms with E-state index >= 15 is 0 Å². The molecule has 1 saturated heterocycles. The van der Waals surface area contributed by atoms with Crippen molar-refractivity contribution in [2.45, 2.75) is 31.5 Å². The largest absolute Gasteiger partial charge is 0.492 e. The maximum atomic E-state index is 13.2. The predicted octanol–water partition coefficient (Wildman–Crippen LogP) is 4.60. The number of nitrogens with one attached hydrogen (secondary N) is 1. The molecule has 4 nitrogen and oxygen atoms in total. The molecule has 0 radical (unpaired) electrons. The standard InChI is InChI=1S/C26H27FN2O2/c1-18-9-10-21(31-14-13-29-16-20(27)17-29)15-23(18)25(30)28-26(11-12-26)24-8-4-6-19-5-2-3-7-22(19)24/h2-10,15,20H,11-14,16-17H2,1H3,(H,28,30). The highest BCUT2D eigenvalue weighted by Crippen LogP contribution is 2.48. The van der Waals surface area contributed by atoms with Gasteiger partial charge in [-0.25, -0.2) is 4.39 Å². The minimum absolute atomic E-state index is 0.0728. The number of halogens is 1. The second-order valence-electron chi connectivity index (χ2n) is 8.74. The monoisotopic (exact) mass is 418 g/mol. The summed E-state index contributed by atoms with van der Waals surface area (Å²) in [6.07, 6.45) is 1.17. The van der Waals surface area contributed by atoms with Gasteiger partial charge in [-0.2, -0.15) is 0 Å². The molecule has 1 saturated carbocycles. The van der Waals surface area contributed by atoms with Gasteiger partial charge in [0.1, 0.15) is 18.5 Å². The molecule has 160 valence electrons. The van der Waals surface area contributed by atoms with Crippen LogP contribution >= 0.6 is 0 Å². The molecule has 2 aliphatic rings. The Kier molecular flexibility index (Phi) is 5.14. The number of carbonyl (C=O) groups is 1. The van der Waals surface area contributed by atoms with Gasteiger partial charge in [-0.05, 0) is 53.8 Å². The molecule has 3 aromatic rings. The van der Waals surface area contributed by atoms with Crippen LogP contribution in [0.4, 0.5) is 4.39 Å². The summed E-state index contributed by atoms with van der Waals surface area (Å²) in [7, 11) is 0. The third kappa shape index (κ3) is 4.02. The Bertz CT molecular complexity index is 1110. The fourth-order valence-electron chi connectivity index (χ4n) is 4.43. The normalized spacial score (nSPS) is 17.9. The van der Waals surface area contributed by atoms with Crippen LogP contribution in [0, 0.1) is 6.92 Å². The lowest BCUT2D eigenvalue weighted by Crippen LogP contribution is -2.49. The Balaban J connectivity index is 1.31. The highest BCUT2D eigenvalue weighted by Gasteiger charge is 2.46. The molecule has 1 aliphatic carbocycles. The first-order chi connectivity index (χ1) is 15.0. The van der Waals surface area contributed by atoms with Crippen LogP contribution in [0.1, 0.15) is 34.3 Å². The number of rotatable bonds is 7. The summed E-state index contributed by atoms with van der Waals surface area (Å²) in [6, 6.07) is 20.2. The lowest BCUT2D eigenvalue weighted by molar-refractivity contribution is 0.0538. The van der Waals surface area contributed by atoms with Crippen LogP contribution in [0.15, 0.2) is 60.7 Å². The number of amides is 1. The van der Waals surface area contributed by atoms with Crippen molar-refractivity contribution >= 4 is 16.7 Å². The van der Waals surface area contributed by atoms with Crippen molar-refractivity contribution in [2.75, 3.05) is 26.2 Å². The summed E-state index contributed by atoms with van der Waals surface area (Å²) in [5.41, 5.74) is 2.44. The Morgan fingerprint density at radius 3 is 2.68 bits per heavy atom. The van der Waals surface area contributed by atoms with Gasteiger partial charge < -0.3 is 10.1 Å². The number of hydrogen-bond acceptors (Lipinski definition) is 3. The highest BCUT2D eigenvalue weighted by molar-refractivity contribution is 5.97. The van der Waals surface area contributed by atoms with Gasteiger partial charge in [0.25, 0.3) is 5.91 Å². The number of likely N-dealkylation sites (tertiary alicyclic amines) is 1. The molecule has 0 aromatic heterocycles. The van der Waals surface area contributed by atoms with Crippen molar-refractivity contribution in [1.82, 2.24) is 10.2 Å². The zero-order valence-corrected chi connectivity index (χ0v) is 17.7. The molecule has 0 unspecified atom stereocenters. The van der Waals surface area contributed by atoms with Gasteiger partial charge in [0.2, 0.25) is 0 Å². The van der Waals surface area contributed by atoms with Crippen molar-refractivity contribution in [3.63, 3.8) is 0 Å². The molecule has 0 spiro atoms. The van der Waals surface area contributed by atoms with Gasteiger partial charge in [0, 0.05) is 25.2 Å². The van der Waals surface area contributed by atoms with E-state index in [1.54, 1.807) is 0 Å². The lowest BCUT2D eigenvalue weighted by atomic mass is 9.96. The summed E-state index contributed by atoms with van der Waals surface area (Å²) in [6.45, 7) is 4.09. The van der Waals surface area contributed by atoms with Crippen LogP contribution in [0.5, 0.6) is 5.75 Å². The predicted molar refractivity (Wildman–Crippen MR) is 120 cm³/mol. The van der Waals surface area contributed by atoms with Crippen LogP contribution < -0.4 is 10.1 Å². The van der Waals surface area contributed by atoms with Gasteiger partial charge in [-0.1, -0.05) is 48.5 Å². The van der Waals surface area contributed by atoms with Crippen LogP contribution in [-0.4, -0.2) is 43.2 Å². The number of alkyl halides is 1. The van der Waals surface area contributed by atoms with Gasteiger partial charge in [-0.3, -0.25) is 9.69 Å². The molecule has 5 rings (SSSR count). The molecule has 1 heterocycles. The average molecular weight is 419 g/mol. The molecule has 31 heavy (non-hydrogen) atoms. The molecule has 0 atom stereocenters. The summed E-state index contributed by atoms with van der Waals surface area (Å²) >= 11 is 0. The Labute approximate surface area is 182 Å². The molecule has 1 N–H and O–H groups in total. The van der Waals surface area contributed by atoms with E-state index < -0.39 is 6.17 Å². The Morgan fingerprint density at radius 2 is 1.90 bits per heavy atom. The maximum Gasteiger partial charge on any atom is 0.252 e. The van der Waals surface area contributed by atoms with E-state index in [1.165, 1.54) is 16.3 Å². The molecule has 3 aromatic carbocycles. The van der Waals surface area contributed by atoms with Crippen molar-refractivity contribution in [2.24, 2.45) is 0 Å². The Hall–Kier alpha value is -2.92. The van der Waals surface area contributed by atoms with Gasteiger partial charge in [-0.15, -0.1) is 0 Å². The van der Waals surface area contributed by atoms with Crippen LogP contribution in [-0.2, 0) is 5.54 Å². The van der Waals surface area contributed by atoms with Crippen LogP contribution in [0.3, 0.4) is 0 Å². The van der Waals surface area contributed by atoms with Crippen molar-refractivity contribution < 1.29 is 13.9 Å². The minimum Gasteiger partial charge on any atom is -0.492 e. The summed E-state index contributed by atoms with van der Waals surface area (Å²) in [5.74, 6) is 0.597. The molecule has 2 fully saturated rings. The quantitative estimate of drug-likeness (QED) is 0.610. The fourth-order valence-corrected chi connectivity index (χ4v) is 4.43. The third-order valence-corrected chi connectivity index (χ3v) is 6.45. The second-order valence-corrected chi connectivity index (χ2v) is 8.74. The molecular weight excluding hydrogens is 391 g/mol. The topological polar surface area (TPSA) is 41.6 Å². The van der Waals surface area contributed by atoms with Crippen LogP contribution in [0.25, 0.3) is 10.8 Å². The smallest absolute Gasteiger partial charge is 0.252 e. The van der Waals surface area contributed by atoms with Crippen molar-refractivity contribution in [3.05, 3.63) is 77.4 Å². The number of ether oxygens (including phenoxy) is 1. The summed E-state index contributed by atoms with van der Waals surface area (Å²) in [5, 5.41) is 5.69. The summed E-state index contributed by atoms with van der Waals surface area (Å²) in [4.78, 5) is 15.3. The zero-order chi connectivity index (χ0) is 21.4. The first-order valence-corrected chi connectivity index (χ1v) is 10.9. The number of hydrogen-bond donors (Lipinski definition) is 1. The number of aryl methyl sites for hydroxylation is 1. The fraction of sp³-hybridized carbons (Fsp3) is 0.346. The molecule has 1 amide bonds. The molecule has 0 bridgehead atoms. The Morgan fingerprint density at radius 1 is 1.13 bits per heavy atom. The van der Waals surface area contributed by atoms with E-state index in [0.29, 0.717) is 37.6 Å². The van der Waals surface area contributed by atoms with E-state index in [4.69, 9.17) is 4.74 Å². The van der Waals surface area contributed by atoms with E-state index in [-0.39, 0.29) is 11.4 Å². The highest BCUT2D eigenvalue weighted by atomic mass is 19.1. The zero-order valence-electron chi connectivity index (χ0n) is 17.7.